The number of rotatable bonds is 7. The van der Waals surface area contributed by atoms with Crippen LogP contribution in [0.15, 0.2) is 57.5 Å². The van der Waals surface area contributed by atoms with Crippen LogP contribution in [0.25, 0.3) is 0 Å². The molecule has 0 bridgehead atoms. The highest BCUT2D eigenvalue weighted by Gasteiger charge is 2.44. The van der Waals surface area contributed by atoms with Gasteiger partial charge in [-0.1, -0.05) is 35.5 Å². The average Bonchev–Trinajstić information content (AvgIpc) is 2.83. The van der Waals surface area contributed by atoms with Gasteiger partial charge in [-0.05, 0) is 52.7 Å². The van der Waals surface area contributed by atoms with Gasteiger partial charge in [0.05, 0.1) is 41.1 Å². The van der Waals surface area contributed by atoms with Gasteiger partial charge in [-0.25, -0.2) is 0 Å². The second-order valence-electron chi connectivity index (χ2n) is 7.42. The van der Waals surface area contributed by atoms with Crippen molar-refractivity contribution in [3.8, 4) is 11.8 Å². The fourth-order valence-corrected chi connectivity index (χ4v) is 4.93. The predicted molar refractivity (Wildman–Crippen MR) is 132 cm³/mol. The van der Waals surface area contributed by atoms with Crippen LogP contribution in [0.2, 0.25) is 0 Å². The van der Waals surface area contributed by atoms with Crippen molar-refractivity contribution in [2.24, 2.45) is 5.92 Å². The Kier molecular flexibility index (Phi) is 8.36. The summed E-state index contributed by atoms with van der Waals surface area (Å²) in [5.41, 5.74) is 2.43. The van der Waals surface area contributed by atoms with Gasteiger partial charge in [0.15, 0.2) is 0 Å². The number of benzene rings is 2. The largest absolute Gasteiger partial charge is 0.496 e. The molecule has 0 radical (unpaired) electrons. The number of thioether (sulfide) groups is 1. The molecule has 2 N–H and O–H groups in total. The van der Waals surface area contributed by atoms with E-state index in [1.807, 2.05) is 19.1 Å². The van der Waals surface area contributed by atoms with E-state index < -0.39 is 23.7 Å². The molecule has 176 valence electrons. The van der Waals surface area contributed by atoms with E-state index >= 15 is 0 Å². The van der Waals surface area contributed by atoms with Crippen molar-refractivity contribution in [2.75, 3.05) is 25.3 Å². The number of amides is 2. The third kappa shape index (κ3) is 5.61. The summed E-state index contributed by atoms with van der Waals surface area (Å²) < 4.78 is 10.7. The molecular weight excluding hydrogens is 522 g/mol. The van der Waals surface area contributed by atoms with E-state index in [0.717, 1.165) is 17.3 Å². The van der Waals surface area contributed by atoms with Crippen LogP contribution >= 0.6 is 27.7 Å². The molecule has 34 heavy (non-hydrogen) atoms. The molecule has 1 heterocycles. The molecule has 0 aliphatic carbocycles. The first-order valence-corrected chi connectivity index (χ1v) is 11.9. The number of carbonyl (C=O) groups is 3. The molecular formula is C24H22BrN3O5S. The average molecular weight is 544 g/mol. The molecule has 0 fully saturated rings. The first-order chi connectivity index (χ1) is 16.3. The third-order valence-corrected chi connectivity index (χ3v) is 6.84. The number of aryl methyl sites for hydroxylation is 1. The van der Waals surface area contributed by atoms with Crippen molar-refractivity contribution in [1.82, 2.24) is 5.32 Å². The number of esters is 1. The summed E-state index contributed by atoms with van der Waals surface area (Å²) in [7, 11) is 2.70. The van der Waals surface area contributed by atoms with Gasteiger partial charge >= 0.3 is 5.97 Å². The number of nitrogens with zero attached hydrogens (tertiary/aromatic N) is 1. The van der Waals surface area contributed by atoms with E-state index in [-0.39, 0.29) is 22.3 Å². The van der Waals surface area contributed by atoms with Crippen LogP contribution in [0.5, 0.6) is 5.75 Å². The molecule has 0 aromatic heterocycles. The Hall–Kier alpha value is -3.29. The fraction of sp³-hybridized carbons (Fsp3) is 0.250. The lowest BCUT2D eigenvalue weighted by Gasteiger charge is -2.31. The molecule has 0 spiro atoms. The van der Waals surface area contributed by atoms with Crippen molar-refractivity contribution in [2.45, 2.75) is 12.8 Å². The predicted octanol–water partition coefficient (Wildman–Crippen LogP) is 3.88. The third-order valence-electron chi connectivity index (χ3n) is 5.20. The zero-order valence-electron chi connectivity index (χ0n) is 18.7. The van der Waals surface area contributed by atoms with Crippen LogP contribution in [-0.2, 0) is 19.1 Å². The fourth-order valence-electron chi connectivity index (χ4n) is 3.53. The van der Waals surface area contributed by atoms with Crippen LogP contribution in [0.3, 0.4) is 0 Å². The summed E-state index contributed by atoms with van der Waals surface area (Å²) in [6, 6.07) is 14.5. The monoisotopic (exact) mass is 543 g/mol. The van der Waals surface area contributed by atoms with Crippen molar-refractivity contribution in [1.29, 1.82) is 5.26 Å². The maximum Gasteiger partial charge on any atom is 0.319 e. The number of anilines is 1. The Bertz CT molecular complexity index is 1190. The summed E-state index contributed by atoms with van der Waals surface area (Å²) >= 11 is 4.43. The molecule has 0 unspecified atom stereocenters. The minimum Gasteiger partial charge on any atom is -0.496 e. The standard InChI is InChI=1S/C24H22BrN3O5S/c1-13-4-7-15(8-5-13)27-19(29)12-34-23-16(11-26)20(21(22(30)28-23)24(31)33-3)14-6-9-18(32-2)17(25)10-14/h4-10,20-21H,12H2,1-3H3,(H,27,29)(H,28,30)/t20-,21-/m1/s1. The lowest BCUT2D eigenvalue weighted by atomic mass is 9.78. The number of nitrogens with one attached hydrogen (secondary N) is 2. The molecule has 2 aromatic carbocycles. The normalized spacial score (nSPS) is 17.4. The van der Waals surface area contributed by atoms with E-state index in [2.05, 4.69) is 32.6 Å². The van der Waals surface area contributed by atoms with Gasteiger partial charge in [-0.3, -0.25) is 14.4 Å². The molecule has 10 heteroatoms. The van der Waals surface area contributed by atoms with Crippen molar-refractivity contribution in [3.05, 3.63) is 68.7 Å². The molecule has 3 rings (SSSR count). The van der Waals surface area contributed by atoms with E-state index in [1.165, 1.54) is 14.2 Å². The van der Waals surface area contributed by atoms with Crippen LogP contribution in [0, 0.1) is 24.2 Å². The molecule has 0 saturated carbocycles. The van der Waals surface area contributed by atoms with Crippen molar-refractivity contribution < 1.29 is 23.9 Å². The maximum atomic E-state index is 12.9. The van der Waals surface area contributed by atoms with E-state index in [9.17, 15) is 19.6 Å². The molecule has 8 nitrogen and oxygen atoms in total. The topological polar surface area (TPSA) is 118 Å². The van der Waals surface area contributed by atoms with Crippen LogP contribution < -0.4 is 15.4 Å². The van der Waals surface area contributed by atoms with Gasteiger partial charge in [-0.15, -0.1) is 0 Å². The molecule has 0 saturated heterocycles. The van der Waals surface area contributed by atoms with Crippen molar-refractivity contribution >= 4 is 51.2 Å². The second-order valence-corrected chi connectivity index (χ2v) is 9.26. The Morgan fingerprint density at radius 2 is 1.91 bits per heavy atom. The van der Waals surface area contributed by atoms with E-state index in [1.54, 1.807) is 30.3 Å². The number of hydrogen-bond donors (Lipinski definition) is 2. The van der Waals surface area contributed by atoms with Gasteiger partial charge in [-0.2, -0.15) is 5.26 Å². The highest BCUT2D eigenvalue weighted by molar-refractivity contribution is 9.10. The minimum atomic E-state index is -1.26. The first kappa shape index (κ1) is 25.3. The van der Waals surface area contributed by atoms with E-state index in [0.29, 0.717) is 21.5 Å². The van der Waals surface area contributed by atoms with Gasteiger partial charge in [0.1, 0.15) is 11.7 Å². The summed E-state index contributed by atoms with van der Waals surface area (Å²) in [5, 5.41) is 15.6. The second kappa shape index (κ2) is 11.2. The summed E-state index contributed by atoms with van der Waals surface area (Å²) in [4.78, 5) is 37.9. The smallest absolute Gasteiger partial charge is 0.319 e. The van der Waals surface area contributed by atoms with Gasteiger partial charge in [0, 0.05) is 11.6 Å². The lowest BCUT2D eigenvalue weighted by Crippen LogP contribution is -2.44. The molecule has 2 amide bonds. The molecule has 2 aromatic rings. The summed E-state index contributed by atoms with van der Waals surface area (Å²) in [5.74, 6) is -3.30. The zero-order chi connectivity index (χ0) is 24.8. The highest BCUT2D eigenvalue weighted by atomic mass is 79.9. The maximum absolute atomic E-state index is 12.9. The van der Waals surface area contributed by atoms with Crippen LogP contribution in [0.4, 0.5) is 5.69 Å². The Balaban J connectivity index is 1.92. The number of hydrogen-bond acceptors (Lipinski definition) is 7. The quantitative estimate of drug-likeness (QED) is 0.402. The number of halogens is 1. The Morgan fingerprint density at radius 1 is 1.21 bits per heavy atom. The van der Waals surface area contributed by atoms with E-state index in [4.69, 9.17) is 9.47 Å². The van der Waals surface area contributed by atoms with Crippen molar-refractivity contribution in [3.63, 3.8) is 0 Å². The number of allylic oxidation sites excluding steroid dienone is 1. The number of ether oxygens (including phenoxy) is 2. The number of methoxy groups -OCH3 is 2. The number of carbonyl (C=O) groups excluding carboxylic acids is 3. The highest BCUT2D eigenvalue weighted by Crippen LogP contribution is 2.42. The van der Waals surface area contributed by atoms with Gasteiger partial charge in [0.2, 0.25) is 11.8 Å². The van der Waals surface area contributed by atoms with Crippen LogP contribution in [-0.4, -0.2) is 37.8 Å². The summed E-state index contributed by atoms with van der Waals surface area (Å²) in [6.45, 7) is 1.95. The van der Waals surface area contributed by atoms with Gasteiger partial charge < -0.3 is 20.1 Å². The lowest BCUT2D eigenvalue weighted by molar-refractivity contribution is -0.150. The molecule has 1 aliphatic rings. The first-order valence-electron chi connectivity index (χ1n) is 10.1. The molecule has 2 atom stereocenters. The number of nitriles is 1. The SMILES string of the molecule is COC(=O)[C@H]1C(=O)NC(SCC(=O)Nc2ccc(C)cc2)=C(C#N)[C@H]1c1ccc(OC)c(Br)c1. The Labute approximate surface area is 209 Å². The van der Waals surface area contributed by atoms with Crippen LogP contribution in [0.1, 0.15) is 17.0 Å². The summed E-state index contributed by atoms with van der Waals surface area (Å²) in [6.07, 6.45) is 0. The minimum absolute atomic E-state index is 0.0451. The molecule has 1 aliphatic heterocycles. The van der Waals surface area contributed by atoms with Gasteiger partial charge in [0.25, 0.3) is 0 Å². The zero-order valence-corrected chi connectivity index (χ0v) is 21.1. The Morgan fingerprint density at radius 3 is 2.50 bits per heavy atom.